The summed E-state index contributed by atoms with van der Waals surface area (Å²) in [6, 6.07) is 37.1. The van der Waals surface area contributed by atoms with Crippen LogP contribution in [-0.2, 0) is 0 Å². The molecule has 4 aliphatic carbocycles. The van der Waals surface area contributed by atoms with Crippen LogP contribution in [0, 0.1) is 11.8 Å². The highest BCUT2D eigenvalue weighted by molar-refractivity contribution is 6.02. The first kappa shape index (κ1) is 28.8. The van der Waals surface area contributed by atoms with Crippen molar-refractivity contribution in [2.24, 2.45) is 21.8 Å². The zero-order valence-corrected chi connectivity index (χ0v) is 26.7. The minimum atomic E-state index is -0.362. The van der Waals surface area contributed by atoms with E-state index in [1.165, 1.54) is 21.5 Å². The number of hydrogen-bond donors (Lipinski definition) is 2. The number of carbonyl (C=O) groups excluding carboxylic acids is 2. The first-order valence-corrected chi connectivity index (χ1v) is 17.0. The molecule has 0 heterocycles. The van der Waals surface area contributed by atoms with Gasteiger partial charge in [0.15, 0.2) is 0 Å². The van der Waals surface area contributed by atoms with E-state index >= 15 is 0 Å². The van der Waals surface area contributed by atoms with Gasteiger partial charge in [-0.3, -0.25) is 0 Å². The third kappa shape index (κ3) is 5.41. The van der Waals surface area contributed by atoms with Crippen LogP contribution in [0.2, 0.25) is 0 Å². The molecular formula is C42H36N4O2. The minimum absolute atomic E-state index is 0.320. The van der Waals surface area contributed by atoms with E-state index in [2.05, 4.69) is 106 Å². The predicted octanol–water partition coefficient (Wildman–Crippen LogP) is 9.35. The van der Waals surface area contributed by atoms with E-state index in [9.17, 15) is 9.59 Å². The molecule has 4 fully saturated rings. The van der Waals surface area contributed by atoms with Crippen molar-refractivity contribution in [1.29, 1.82) is 0 Å². The van der Waals surface area contributed by atoms with Gasteiger partial charge in [0.05, 0.1) is 0 Å². The molecule has 6 heteroatoms. The number of benzene rings is 6. The molecule has 0 spiro atoms. The summed E-state index contributed by atoms with van der Waals surface area (Å²) in [7, 11) is 0. The Bertz CT molecular complexity index is 2170. The fraction of sp³-hybridized carbons (Fsp3) is 0.238. The van der Waals surface area contributed by atoms with Crippen LogP contribution < -0.4 is 10.6 Å². The van der Waals surface area contributed by atoms with Crippen LogP contribution in [0.5, 0.6) is 0 Å². The molecule has 6 aromatic rings. The second kappa shape index (κ2) is 11.1. The summed E-state index contributed by atoms with van der Waals surface area (Å²) in [6.45, 7) is 0. The Hall–Kier alpha value is -5.36. The standard InChI is InChI=1S/C42H36N4O2/c47-39(43-24-27-9-11-35-16-31-5-1-3-7-33(31)18-37(35)14-27)45-41-20-29-13-30(21-41)23-42(22-29,26-41)46-40(48)44-25-28-10-12-36-17-32-6-2-4-8-34(32)19-38(36)15-28/h1-12,14-19,24-25,29-30H,13,20-23,26H2,(H,45,47)(H,46,48)/b43-24+,44-25+. The minimum Gasteiger partial charge on any atom is -0.331 e. The molecule has 2 N–H and O–H groups in total. The first-order chi connectivity index (χ1) is 23.4. The van der Waals surface area contributed by atoms with Gasteiger partial charge in [0.1, 0.15) is 0 Å². The molecule has 4 amide bonds. The lowest BCUT2D eigenvalue weighted by Crippen LogP contribution is -2.69. The lowest BCUT2D eigenvalue weighted by Gasteiger charge is -2.61. The smallest absolute Gasteiger partial charge is 0.331 e. The van der Waals surface area contributed by atoms with Crippen LogP contribution in [0.3, 0.4) is 0 Å². The zero-order chi connectivity index (χ0) is 32.3. The molecular weight excluding hydrogens is 592 g/mol. The first-order valence-electron chi connectivity index (χ1n) is 17.0. The number of nitrogens with zero attached hydrogens (tertiary/aromatic N) is 2. The van der Waals surface area contributed by atoms with Crippen molar-refractivity contribution in [3.8, 4) is 0 Å². The van der Waals surface area contributed by atoms with Gasteiger partial charge in [-0.25, -0.2) is 19.6 Å². The summed E-state index contributed by atoms with van der Waals surface area (Å²) in [5.41, 5.74) is 1.05. The molecule has 0 saturated heterocycles. The molecule has 0 aliphatic heterocycles. The Morgan fingerprint density at radius 2 is 0.896 bits per heavy atom. The normalized spacial score (nSPS) is 24.8. The van der Waals surface area contributed by atoms with Gasteiger partial charge in [-0.15, -0.1) is 0 Å². The fourth-order valence-corrected chi connectivity index (χ4v) is 9.42. The molecule has 0 unspecified atom stereocenters. The highest BCUT2D eigenvalue weighted by atomic mass is 16.2. The number of nitrogens with one attached hydrogen (secondary N) is 2. The predicted molar refractivity (Wildman–Crippen MR) is 195 cm³/mol. The van der Waals surface area contributed by atoms with Crippen LogP contribution in [0.4, 0.5) is 9.59 Å². The van der Waals surface area contributed by atoms with Gasteiger partial charge in [0, 0.05) is 23.5 Å². The van der Waals surface area contributed by atoms with E-state index < -0.39 is 0 Å². The van der Waals surface area contributed by atoms with Crippen molar-refractivity contribution in [3.05, 3.63) is 120 Å². The summed E-state index contributed by atoms with van der Waals surface area (Å²) in [5, 5.41) is 16.0. The Morgan fingerprint density at radius 3 is 1.31 bits per heavy atom. The summed E-state index contributed by atoms with van der Waals surface area (Å²) < 4.78 is 0. The molecule has 0 radical (unpaired) electrons. The van der Waals surface area contributed by atoms with E-state index in [1.807, 2.05) is 24.3 Å². The summed E-state index contributed by atoms with van der Waals surface area (Å²) >= 11 is 0. The topological polar surface area (TPSA) is 82.9 Å². The molecule has 4 saturated carbocycles. The fourth-order valence-electron chi connectivity index (χ4n) is 9.42. The van der Waals surface area contributed by atoms with E-state index in [1.54, 1.807) is 12.4 Å². The second-order valence-electron chi connectivity index (χ2n) is 14.5. The van der Waals surface area contributed by atoms with E-state index in [0.29, 0.717) is 18.3 Å². The molecule has 4 aliphatic rings. The maximum Gasteiger partial charge on any atom is 0.341 e. The monoisotopic (exact) mass is 628 g/mol. The Morgan fingerprint density at radius 1 is 0.521 bits per heavy atom. The number of amides is 4. The van der Waals surface area contributed by atoms with Crippen molar-refractivity contribution in [2.75, 3.05) is 0 Å². The Kier molecular flexibility index (Phi) is 6.68. The van der Waals surface area contributed by atoms with Gasteiger partial charge in [-0.2, -0.15) is 0 Å². The van der Waals surface area contributed by atoms with Crippen LogP contribution in [0.1, 0.15) is 49.7 Å². The van der Waals surface area contributed by atoms with Gasteiger partial charge < -0.3 is 10.6 Å². The number of fused-ring (bicyclic) bond motifs is 4. The average Bonchev–Trinajstić information content (AvgIpc) is 3.07. The van der Waals surface area contributed by atoms with Crippen LogP contribution in [0.25, 0.3) is 43.1 Å². The van der Waals surface area contributed by atoms with Crippen LogP contribution in [-0.4, -0.2) is 35.6 Å². The summed E-state index contributed by atoms with van der Waals surface area (Å²) in [4.78, 5) is 35.2. The van der Waals surface area contributed by atoms with Gasteiger partial charge in [0.2, 0.25) is 0 Å². The second-order valence-corrected chi connectivity index (χ2v) is 14.5. The van der Waals surface area contributed by atoms with Gasteiger partial charge in [-0.05, 0) is 141 Å². The Labute approximate surface area is 279 Å². The number of rotatable bonds is 4. The number of urea groups is 2. The summed E-state index contributed by atoms with van der Waals surface area (Å²) in [6.07, 6.45) is 8.90. The van der Waals surface area contributed by atoms with Crippen LogP contribution in [0.15, 0.2) is 119 Å². The average molecular weight is 629 g/mol. The quantitative estimate of drug-likeness (QED) is 0.151. The molecule has 0 atom stereocenters. The Balaban J connectivity index is 0.889. The molecule has 6 nitrogen and oxygen atoms in total. The number of carbonyl (C=O) groups is 2. The van der Waals surface area contributed by atoms with E-state index in [4.69, 9.17) is 0 Å². The van der Waals surface area contributed by atoms with Gasteiger partial charge in [-0.1, -0.05) is 72.8 Å². The van der Waals surface area contributed by atoms with Crippen LogP contribution >= 0.6 is 0 Å². The van der Waals surface area contributed by atoms with Gasteiger partial charge >= 0.3 is 12.1 Å². The zero-order valence-electron chi connectivity index (χ0n) is 26.7. The summed E-state index contributed by atoms with van der Waals surface area (Å²) in [5.74, 6) is 0.927. The highest BCUT2D eigenvalue weighted by Gasteiger charge is 2.58. The molecule has 4 bridgehead atoms. The van der Waals surface area contributed by atoms with Gasteiger partial charge in [0.25, 0.3) is 0 Å². The van der Waals surface area contributed by atoms with Crippen molar-refractivity contribution >= 4 is 67.6 Å². The highest BCUT2D eigenvalue weighted by Crippen LogP contribution is 2.57. The maximum atomic E-state index is 13.3. The van der Waals surface area contributed by atoms with Crippen molar-refractivity contribution in [1.82, 2.24) is 10.6 Å². The maximum absolute atomic E-state index is 13.3. The molecule has 6 aromatic carbocycles. The largest absolute Gasteiger partial charge is 0.341 e. The third-order valence-corrected chi connectivity index (χ3v) is 10.9. The van der Waals surface area contributed by atoms with Crippen molar-refractivity contribution in [3.63, 3.8) is 0 Å². The molecule has 236 valence electrons. The molecule has 10 rings (SSSR count). The lowest BCUT2D eigenvalue weighted by atomic mass is 9.50. The lowest BCUT2D eigenvalue weighted by molar-refractivity contribution is -0.0403. The molecule has 48 heavy (non-hydrogen) atoms. The number of aliphatic imine (C=N–C) groups is 2. The van der Waals surface area contributed by atoms with Crippen molar-refractivity contribution in [2.45, 2.75) is 49.6 Å². The van der Waals surface area contributed by atoms with E-state index in [-0.39, 0.29) is 23.1 Å². The molecule has 0 aromatic heterocycles. The van der Waals surface area contributed by atoms with E-state index in [0.717, 1.165) is 64.8 Å². The number of hydrogen-bond acceptors (Lipinski definition) is 2. The third-order valence-electron chi connectivity index (χ3n) is 10.9. The SMILES string of the molecule is O=C(/N=C/c1ccc2cc3ccccc3cc2c1)NC12CC3CC(C1)CC(NC(=O)/N=C/c1ccc4cc5ccccc5cc4c1)(C3)C2. The van der Waals surface area contributed by atoms with Crippen molar-refractivity contribution < 1.29 is 9.59 Å².